The summed E-state index contributed by atoms with van der Waals surface area (Å²) in [5.41, 5.74) is 9.29. The standard InChI is InChI=1S/C16H22N4O3/c1-16(2,3)23-15(22)20-8-4-5-12-9-11(6-7-13(12)20)10-18-19-14(17)21/h6-7,9-10H,4-5,8H2,1-3H3,(H3,17,19,21). The van der Waals surface area contributed by atoms with E-state index in [0.717, 1.165) is 29.7 Å². The second-order valence-electron chi connectivity index (χ2n) is 6.36. The Kier molecular flexibility index (Phi) is 4.88. The molecule has 1 aliphatic heterocycles. The highest BCUT2D eigenvalue weighted by atomic mass is 16.6. The molecule has 0 fully saturated rings. The van der Waals surface area contributed by atoms with E-state index in [9.17, 15) is 9.59 Å². The molecule has 0 unspecified atom stereocenters. The molecule has 3 N–H and O–H groups in total. The fourth-order valence-electron chi connectivity index (χ4n) is 2.37. The predicted octanol–water partition coefficient (Wildman–Crippen LogP) is 2.38. The van der Waals surface area contributed by atoms with Gasteiger partial charge in [-0.1, -0.05) is 6.07 Å². The molecule has 124 valence electrons. The quantitative estimate of drug-likeness (QED) is 0.647. The topological polar surface area (TPSA) is 97.0 Å². The van der Waals surface area contributed by atoms with Crippen LogP contribution in [0.3, 0.4) is 0 Å². The van der Waals surface area contributed by atoms with Gasteiger partial charge in [0.1, 0.15) is 5.60 Å². The molecule has 0 atom stereocenters. The Balaban J connectivity index is 2.18. The molecule has 0 bridgehead atoms. The number of nitrogens with two attached hydrogens (primary N) is 1. The number of amides is 3. The molecule has 0 saturated heterocycles. The number of aryl methyl sites for hydroxylation is 1. The highest BCUT2D eigenvalue weighted by Crippen LogP contribution is 2.29. The van der Waals surface area contributed by atoms with Gasteiger partial charge in [0.25, 0.3) is 0 Å². The van der Waals surface area contributed by atoms with Gasteiger partial charge in [0.15, 0.2) is 0 Å². The first-order chi connectivity index (χ1) is 10.8. The number of anilines is 1. The summed E-state index contributed by atoms with van der Waals surface area (Å²) >= 11 is 0. The summed E-state index contributed by atoms with van der Waals surface area (Å²) in [5, 5.41) is 3.74. The molecule has 1 aromatic rings. The summed E-state index contributed by atoms with van der Waals surface area (Å²) in [6, 6.07) is 4.92. The van der Waals surface area contributed by atoms with E-state index >= 15 is 0 Å². The normalized spacial score (nSPS) is 14.5. The van der Waals surface area contributed by atoms with Gasteiger partial charge in [-0.15, -0.1) is 0 Å². The number of benzene rings is 1. The lowest BCUT2D eigenvalue weighted by Gasteiger charge is -2.31. The minimum Gasteiger partial charge on any atom is -0.443 e. The molecule has 1 aromatic carbocycles. The van der Waals surface area contributed by atoms with E-state index in [1.54, 1.807) is 4.90 Å². The number of carbonyl (C=O) groups is 2. The average molecular weight is 318 g/mol. The zero-order valence-electron chi connectivity index (χ0n) is 13.6. The molecular weight excluding hydrogens is 296 g/mol. The Morgan fingerprint density at radius 1 is 1.39 bits per heavy atom. The van der Waals surface area contributed by atoms with Gasteiger partial charge < -0.3 is 10.5 Å². The second kappa shape index (κ2) is 6.68. The SMILES string of the molecule is CC(C)(C)OC(=O)N1CCCc2cc(C=NNC(N)=O)ccc21. The van der Waals surface area contributed by atoms with Gasteiger partial charge >= 0.3 is 12.1 Å². The summed E-state index contributed by atoms with van der Waals surface area (Å²) in [7, 11) is 0. The third kappa shape index (κ3) is 4.70. The van der Waals surface area contributed by atoms with Crippen molar-refractivity contribution in [3.8, 4) is 0 Å². The molecule has 0 aromatic heterocycles. The summed E-state index contributed by atoms with van der Waals surface area (Å²) in [5.74, 6) is 0. The van der Waals surface area contributed by atoms with Crippen LogP contribution in [-0.2, 0) is 11.2 Å². The first-order valence-electron chi connectivity index (χ1n) is 7.48. The highest BCUT2D eigenvalue weighted by molar-refractivity contribution is 5.91. The summed E-state index contributed by atoms with van der Waals surface area (Å²) in [6.07, 6.45) is 2.92. The lowest BCUT2D eigenvalue weighted by Crippen LogP contribution is -2.39. The van der Waals surface area contributed by atoms with Crippen LogP contribution in [0.25, 0.3) is 0 Å². The van der Waals surface area contributed by atoms with Crippen molar-refractivity contribution < 1.29 is 14.3 Å². The van der Waals surface area contributed by atoms with Gasteiger partial charge in [0.05, 0.1) is 11.9 Å². The number of carbonyl (C=O) groups excluding carboxylic acids is 2. The minimum atomic E-state index is -0.713. The van der Waals surface area contributed by atoms with Gasteiger partial charge in [-0.25, -0.2) is 15.0 Å². The van der Waals surface area contributed by atoms with E-state index < -0.39 is 11.6 Å². The van der Waals surface area contributed by atoms with Crippen LogP contribution in [0.5, 0.6) is 0 Å². The lowest BCUT2D eigenvalue weighted by atomic mass is 10.00. The maximum absolute atomic E-state index is 12.3. The molecule has 1 aliphatic rings. The smallest absolute Gasteiger partial charge is 0.414 e. The number of fused-ring (bicyclic) bond motifs is 1. The van der Waals surface area contributed by atoms with Crippen molar-refractivity contribution in [1.82, 2.24) is 5.43 Å². The third-order valence-electron chi connectivity index (χ3n) is 3.22. The molecule has 23 heavy (non-hydrogen) atoms. The van der Waals surface area contributed by atoms with E-state index in [-0.39, 0.29) is 6.09 Å². The van der Waals surface area contributed by atoms with Gasteiger partial charge in [0, 0.05) is 6.54 Å². The van der Waals surface area contributed by atoms with Crippen LogP contribution >= 0.6 is 0 Å². The van der Waals surface area contributed by atoms with E-state index in [2.05, 4.69) is 10.5 Å². The predicted molar refractivity (Wildman–Crippen MR) is 88.7 cm³/mol. The molecule has 0 saturated carbocycles. The first-order valence-corrected chi connectivity index (χ1v) is 7.48. The Morgan fingerprint density at radius 2 is 2.13 bits per heavy atom. The van der Waals surface area contributed by atoms with Gasteiger partial charge in [0.2, 0.25) is 0 Å². The Bertz CT molecular complexity index is 635. The summed E-state index contributed by atoms with van der Waals surface area (Å²) < 4.78 is 5.45. The molecule has 0 spiro atoms. The lowest BCUT2D eigenvalue weighted by molar-refractivity contribution is 0.0578. The number of primary amides is 1. The molecule has 7 nitrogen and oxygen atoms in total. The van der Waals surface area contributed by atoms with E-state index in [4.69, 9.17) is 10.5 Å². The van der Waals surface area contributed by atoms with Crippen molar-refractivity contribution in [1.29, 1.82) is 0 Å². The number of hydrogen-bond donors (Lipinski definition) is 2. The zero-order chi connectivity index (χ0) is 17.0. The molecule has 7 heteroatoms. The van der Waals surface area contributed by atoms with E-state index in [0.29, 0.717) is 6.54 Å². The fraction of sp³-hybridized carbons (Fsp3) is 0.438. The fourth-order valence-corrected chi connectivity index (χ4v) is 2.37. The van der Waals surface area contributed by atoms with Crippen molar-refractivity contribution in [3.63, 3.8) is 0 Å². The maximum atomic E-state index is 12.3. The van der Waals surface area contributed by atoms with E-state index in [1.807, 2.05) is 39.0 Å². The molecule has 0 radical (unpaired) electrons. The number of nitrogens with zero attached hydrogens (tertiary/aromatic N) is 2. The molecular formula is C16H22N4O3. The highest BCUT2D eigenvalue weighted by Gasteiger charge is 2.27. The summed E-state index contributed by atoms with van der Waals surface area (Å²) in [4.78, 5) is 24.6. The van der Waals surface area contributed by atoms with Crippen molar-refractivity contribution >= 4 is 24.0 Å². The number of nitrogens with one attached hydrogen (secondary N) is 1. The van der Waals surface area contributed by atoms with E-state index in [1.165, 1.54) is 6.21 Å². The monoisotopic (exact) mass is 318 g/mol. The minimum absolute atomic E-state index is 0.338. The Morgan fingerprint density at radius 3 is 2.78 bits per heavy atom. The van der Waals surface area contributed by atoms with Crippen LogP contribution < -0.4 is 16.1 Å². The number of hydrogen-bond acceptors (Lipinski definition) is 4. The Labute approximate surface area is 135 Å². The van der Waals surface area contributed by atoms with Crippen LogP contribution in [0.1, 0.15) is 38.3 Å². The third-order valence-corrected chi connectivity index (χ3v) is 3.22. The molecule has 0 aliphatic carbocycles. The van der Waals surface area contributed by atoms with Crippen LogP contribution in [0.2, 0.25) is 0 Å². The van der Waals surface area contributed by atoms with Crippen molar-refractivity contribution in [2.24, 2.45) is 10.8 Å². The van der Waals surface area contributed by atoms with Crippen LogP contribution in [0.4, 0.5) is 15.3 Å². The van der Waals surface area contributed by atoms with Gasteiger partial charge in [-0.2, -0.15) is 5.10 Å². The van der Waals surface area contributed by atoms with Crippen LogP contribution in [0.15, 0.2) is 23.3 Å². The molecule has 3 amide bonds. The molecule has 2 rings (SSSR count). The number of ether oxygens (including phenoxy) is 1. The first kappa shape index (κ1) is 16.8. The van der Waals surface area contributed by atoms with Crippen molar-refractivity contribution in [2.75, 3.05) is 11.4 Å². The largest absolute Gasteiger partial charge is 0.443 e. The Hall–Kier alpha value is -2.57. The van der Waals surface area contributed by atoms with Crippen LogP contribution in [-0.4, -0.2) is 30.5 Å². The average Bonchev–Trinajstić information content (AvgIpc) is 2.44. The maximum Gasteiger partial charge on any atom is 0.414 e. The number of urea groups is 1. The zero-order valence-corrected chi connectivity index (χ0v) is 13.6. The summed E-state index contributed by atoms with van der Waals surface area (Å²) in [6.45, 7) is 6.18. The second-order valence-corrected chi connectivity index (χ2v) is 6.36. The van der Waals surface area contributed by atoms with Crippen molar-refractivity contribution in [2.45, 2.75) is 39.2 Å². The number of hydrazone groups is 1. The number of rotatable bonds is 2. The van der Waals surface area contributed by atoms with Crippen molar-refractivity contribution in [3.05, 3.63) is 29.3 Å². The molecule has 1 heterocycles. The van der Waals surface area contributed by atoms with Gasteiger partial charge in [-0.3, -0.25) is 4.90 Å². The van der Waals surface area contributed by atoms with Crippen LogP contribution in [0, 0.1) is 0 Å². The van der Waals surface area contributed by atoms with Gasteiger partial charge in [-0.05, 0) is 56.9 Å².